The molecular weight excluding hydrogens is 272 g/mol. The van der Waals surface area contributed by atoms with Crippen molar-refractivity contribution in [2.75, 3.05) is 6.54 Å². The minimum Gasteiger partial charge on any atom is -0.481 e. The van der Waals surface area contributed by atoms with Gasteiger partial charge in [0, 0.05) is 31.3 Å². The zero-order valence-electron chi connectivity index (χ0n) is 12.5. The molecular formula is C14H24N4O3. The third-order valence-corrected chi connectivity index (χ3v) is 3.16. The standard InChI is InChI=1S/C14H24N4O3/c1-9(2)3-10(4-13(19)20)6-17-14(21)12(15)5-11-7-16-8-18-11/h7-10,12H,3-6,15H2,1-2H3,(H,16,18)(H,17,21)(H,19,20)/t10-,12+/m0/s1. The van der Waals surface area contributed by atoms with Gasteiger partial charge in [-0.3, -0.25) is 9.59 Å². The lowest BCUT2D eigenvalue weighted by atomic mass is 9.94. The van der Waals surface area contributed by atoms with Crippen molar-refractivity contribution in [3.63, 3.8) is 0 Å². The lowest BCUT2D eigenvalue weighted by Gasteiger charge is -2.19. The van der Waals surface area contributed by atoms with Gasteiger partial charge >= 0.3 is 5.97 Å². The van der Waals surface area contributed by atoms with Gasteiger partial charge in [-0.15, -0.1) is 0 Å². The van der Waals surface area contributed by atoms with Crippen LogP contribution in [0.25, 0.3) is 0 Å². The number of carbonyl (C=O) groups is 2. The van der Waals surface area contributed by atoms with E-state index < -0.39 is 12.0 Å². The Hall–Kier alpha value is -1.89. The summed E-state index contributed by atoms with van der Waals surface area (Å²) in [4.78, 5) is 29.5. The summed E-state index contributed by atoms with van der Waals surface area (Å²) in [6, 6.07) is -0.671. The molecule has 0 spiro atoms. The highest BCUT2D eigenvalue weighted by atomic mass is 16.4. The number of imidazole rings is 1. The average Bonchev–Trinajstić information content (AvgIpc) is 2.86. The Balaban J connectivity index is 2.42. The van der Waals surface area contributed by atoms with Crippen molar-refractivity contribution in [3.8, 4) is 0 Å². The maximum absolute atomic E-state index is 11.9. The summed E-state index contributed by atoms with van der Waals surface area (Å²) in [5, 5.41) is 11.6. The molecule has 0 aliphatic carbocycles. The van der Waals surface area contributed by atoms with Crippen LogP contribution in [0.1, 0.15) is 32.4 Å². The van der Waals surface area contributed by atoms with Crippen molar-refractivity contribution in [2.24, 2.45) is 17.6 Å². The number of carboxylic acid groups (broad SMARTS) is 1. The first-order valence-electron chi connectivity index (χ1n) is 7.10. The van der Waals surface area contributed by atoms with E-state index in [2.05, 4.69) is 15.3 Å². The molecule has 118 valence electrons. The highest BCUT2D eigenvalue weighted by Gasteiger charge is 2.19. The van der Waals surface area contributed by atoms with E-state index in [1.807, 2.05) is 13.8 Å². The van der Waals surface area contributed by atoms with Gasteiger partial charge in [0.05, 0.1) is 12.4 Å². The lowest BCUT2D eigenvalue weighted by Crippen LogP contribution is -2.44. The molecule has 0 aliphatic rings. The Morgan fingerprint density at radius 2 is 2.19 bits per heavy atom. The van der Waals surface area contributed by atoms with E-state index in [9.17, 15) is 9.59 Å². The van der Waals surface area contributed by atoms with Gasteiger partial charge in [0.2, 0.25) is 5.91 Å². The van der Waals surface area contributed by atoms with Gasteiger partial charge < -0.3 is 21.1 Å². The molecule has 0 saturated heterocycles. The molecule has 21 heavy (non-hydrogen) atoms. The molecule has 1 heterocycles. The highest BCUT2D eigenvalue weighted by molar-refractivity contribution is 5.81. The zero-order chi connectivity index (χ0) is 15.8. The Morgan fingerprint density at radius 1 is 1.48 bits per heavy atom. The van der Waals surface area contributed by atoms with Gasteiger partial charge in [-0.25, -0.2) is 4.98 Å². The Bertz CT molecular complexity index is 445. The summed E-state index contributed by atoms with van der Waals surface area (Å²) in [5.74, 6) is -0.823. The van der Waals surface area contributed by atoms with Crippen LogP contribution >= 0.6 is 0 Å². The van der Waals surface area contributed by atoms with Gasteiger partial charge in [-0.1, -0.05) is 13.8 Å². The second kappa shape index (κ2) is 8.41. The molecule has 0 unspecified atom stereocenters. The minimum absolute atomic E-state index is 0.0498. The molecule has 1 amide bonds. The van der Waals surface area contributed by atoms with Gasteiger partial charge in [-0.05, 0) is 18.3 Å². The zero-order valence-corrected chi connectivity index (χ0v) is 12.5. The number of aromatic amines is 1. The number of amides is 1. The molecule has 7 heteroatoms. The van der Waals surface area contributed by atoms with Crippen molar-refractivity contribution < 1.29 is 14.7 Å². The number of aromatic nitrogens is 2. The van der Waals surface area contributed by atoms with E-state index in [0.29, 0.717) is 18.9 Å². The number of carbonyl (C=O) groups excluding carboxylic acids is 1. The van der Waals surface area contributed by atoms with Crippen molar-refractivity contribution in [3.05, 3.63) is 18.2 Å². The van der Waals surface area contributed by atoms with Crippen LogP contribution in [0.4, 0.5) is 0 Å². The molecule has 1 aromatic rings. The van der Waals surface area contributed by atoms with Crippen LogP contribution in [0.5, 0.6) is 0 Å². The molecule has 7 nitrogen and oxygen atoms in total. The van der Waals surface area contributed by atoms with E-state index in [4.69, 9.17) is 10.8 Å². The second-order valence-corrected chi connectivity index (χ2v) is 5.73. The number of hydrogen-bond donors (Lipinski definition) is 4. The van der Waals surface area contributed by atoms with Crippen molar-refractivity contribution in [2.45, 2.75) is 39.2 Å². The molecule has 0 aromatic carbocycles. The molecule has 0 fully saturated rings. The Labute approximate surface area is 124 Å². The van der Waals surface area contributed by atoms with Gasteiger partial charge in [0.15, 0.2) is 0 Å². The number of rotatable bonds is 9. The number of nitrogens with one attached hydrogen (secondary N) is 2. The van der Waals surface area contributed by atoms with Crippen molar-refractivity contribution in [1.29, 1.82) is 0 Å². The molecule has 1 rings (SSSR count). The van der Waals surface area contributed by atoms with Gasteiger partial charge in [0.1, 0.15) is 0 Å². The Kier molecular flexibility index (Phi) is 6.87. The first kappa shape index (κ1) is 17.2. The number of carboxylic acids is 1. The summed E-state index contributed by atoms with van der Waals surface area (Å²) in [6.07, 6.45) is 4.33. The van der Waals surface area contributed by atoms with Crippen molar-refractivity contribution >= 4 is 11.9 Å². The minimum atomic E-state index is -0.850. The summed E-state index contributed by atoms with van der Waals surface area (Å²) >= 11 is 0. The van der Waals surface area contributed by atoms with Crippen LogP contribution in [-0.2, 0) is 16.0 Å². The fraction of sp³-hybridized carbons (Fsp3) is 0.643. The van der Waals surface area contributed by atoms with E-state index in [0.717, 1.165) is 12.1 Å². The summed E-state index contributed by atoms with van der Waals surface area (Å²) < 4.78 is 0. The SMILES string of the molecule is CC(C)C[C@H](CNC(=O)[C@H](N)Cc1cnc[nH]1)CC(=O)O. The lowest BCUT2D eigenvalue weighted by molar-refractivity contribution is -0.138. The average molecular weight is 296 g/mol. The number of H-pyrrole nitrogens is 1. The maximum atomic E-state index is 11.9. The normalized spacial score (nSPS) is 13.9. The van der Waals surface area contributed by atoms with E-state index >= 15 is 0 Å². The fourth-order valence-electron chi connectivity index (χ4n) is 2.25. The van der Waals surface area contributed by atoms with Gasteiger partial charge in [-0.2, -0.15) is 0 Å². The van der Waals surface area contributed by atoms with E-state index in [1.54, 1.807) is 6.20 Å². The summed E-state index contributed by atoms with van der Waals surface area (Å²) in [5.41, 5.74) is 6.61. The number of nitrogens with zero attached hydrogens (tertiary/aromatic N) is 1. The quantitative estimate of drug-likeness (QED) is 0.529. The number of aliphatic carboxylic acids is 1. The van der Waals surface area contributed by atoms with Crippen LogP contribution < -0.4 is 11.1 Å². The first-order chi connectivity index (χ1) is 9.88. The maximum Gasteiger partial charge on any atom is 0.303 e. The third-order valence-electron chi connectivity index (χ3n) is 3.16. The third kappa shape index (κ3) is 6.89. The predicted octanol–water partition coefficient (Wildman–Crippen LogP) is 0.533. The fourth-order valence-corrected chi connectivity index (χ4v) is 2.25. The van der Waals surface area contributed by atoms with Gasteiger partial charge in [0.25, 0.3) is 0 Å². The largest absolute Gasteiger partial charge is 0.481 e. The summed E-state index contributed by atoms with van der Waals surface area (Å²) in [6.45, 7) is 4.39. The molecule has 5 N–H and O–H groups in total. The van der Waals surface area contributed by atoms with Crippen LogP contribution in [0.3, 0.4) is 0 Å². The topological polar surface area (TPSA) is 121 Å². The molecule has 1 aromatic heterocycles. The number of hydrogen-bond acceptors (Lipinski definition) is 4. The second-order valence-electron chi connectivity index (χ2n) is 5.73. The van der Waals surface area contributed by atoms with E-state index in [-0.39, 0.29) is 18.2 Å². The van der Waals surface area contributed by atoms with Crippen molar-refractivity contribution in [1.82, 2.24) is 15.3 Å². The number of nitrogens with two attached hydrogens (primary N) is 1. The predicted molar refractivity (Wildman–Crippen MR) is 78.5 cm³/mol. The van der Waals surface area contributed by atoms with Crippen LogP contribution in [-0.4, -0.2) is 39.5 Å². The molecule has 0 saturated carbocycles. The Morgan fingerprint density at radius 3 is 2.71 bits per heavy atom. The van der Waals surface area contributed by atoms with E-state index in [1.165, 1.54) is 6.33 Å². The molecule has 0 radical (unpaired) electrons. The summed E-state index contributed by atoms with van der Waals surface area (Å²) in [7, 11) is 0. The molecule has 0 bridgehead atoms. The van der Waals surface area contributed by atoms with Crippen LogP contribution in [0.15, 0.2) is 12.5 Å². The monoisotopic (exact) mass is 296 g/mol. The smallest absolute Gasteiger partial charge is 0.303 e. The first-order valence-corrected chi connectivity index (χ1v) is 7.10. The molecule has 0 aliphatic heterocycles. The van der Waals surface area contributed by atoms with Crippen LogP contribution in [0.2, 0.25) is 0 Å². The van der Waals surface area contributed by atoms with Crippen LogP contribution in [0, 0.1) is 11.8 Å². The molecule has 2 atom stereocenters. The highest BCUT2D eigenvalue weighted by Crippen LogP contribution is 2.14.